The van der Waals surface area contributed by atoms with Gasteiger partial charge in [-0.3, -0.25) is 0 Å². The number of thiazole rings is 1. The van der Waals surface area contributed by atoms with E-state index in [1.165, 1.54) is 11.3 Å². The first-order chi connectivity index (χ1) is 9.08. The van der Waals surface area contributed by atoms with Crippen LogP contribution in [0.5, 0.6) is 0 Å². The minimum Gasteiger partial charge on any atom is -0.480 e. The van der Waals surface area contributed by atoms with Crippen LogP contribution in [0.25, 0.3) is 10.4 Å². The van der Waals surface area contributed by atoms with E-state index in [4.69, 9.17) is 5.11 Å². The highest BCUT2D eigenvalue weighted by molar-refractivity contribution is 7.18. The lowest BCUT2D eigenvalue weighted by Crippen LogP contribution is -2.34. The average Bonchev–Trinajstić information content (AvgIpc) is 2.85. The quantitative estimate of drug-likeness (QED) is 0.879. The van der Waals surface area contributed by atoms with Crippen LogP contribution < -0.4 is 5.32 Å². The van der Waals surface area contributed by atoms with E-state index >= 15 is 0 Å². The molecule has 0 saturated carbocycles. The van der Waals surface area contributed by atoms with Gasteiger partial charge in [0, 0.05) is 6.20 Å². The molecule has 0 bridgehead atoms. The fraction of sp³-hybridized carbons (Fsp3) is 0.286. The molecule has 19 heavy (non-hydrogen) atoms. The van der Waals surface area contributed by atoms with Gasteiger partial charge in [0.05, 0.1) is 4.88 Å². The van der Waals surface area contributed by atoms with Crippen LogP contribution in [-0.2, 0) is 4.79 Å². The minimum atomic E-state index is -0.855. The molecule has 1 atom stereocenters. The summed E-state index contributed by atoms with van der Waals surface area (Å²) in [5.74, 6) is -0.854. The Morgan fingerprint density at radius 1 is 1.32 bits per heavy atom. The molecule has 5 heteroatoms. The molecule has 0 aliphatic rings. The molecule has 0 amide bonds. The predicted molar refractivity (Wildman–Crippen MR) is 77.4 cm³/mol. The smallest absolute Gasteiger partial charge is 0.326 e. The third kappa shape index (κ3) is 3.32. The molecule has 1 aromatic carbocycles. The molecule has 4 nitrogen and oxygen atoms in total. The standard InChI is InChI=1S/C14H16N2O2S/c1-9(2)12(13(17)18)16-14-15-8-11(19-14)10-6-4-3-5-7-10/h3-9,12H,1-2H3,(H,15,16)(H,17,18)/t12-/m1/s1. The van der Waals surface area contributed by atoms with Gasteiger partial charge in [-0.25, -0.2) is 9.78 Å². The Labute approximate surface area is 116 Å². The van der Waals surface area contributed by atoms with Crippen LogP contribution in [0.15, 0.2) is 36.5 Å². The van der Waals surface area contributed by atoms with Crippen molar-refractivity contribution in [2.75, 3.05) is 5.32 Å². The van der Waals surface area contributed by atoms with Gasteiger partial charge in [0.1, 0.15) is 6.04 Å². The van der Waals surface area contributed by atoms with Crippen molar-refractivity contribution in [3.63, 3.8) is 0 Å². The Morgan fingerprint density at radius 3 is 2.58 bits per heavy atom. The van der Waals surface area contributed by atoms with Crippen molar-refractivity contribution < 1.29 is 9.90 Å². The van der Waals surface area contributed by atoms with Crippen molar-refractivity contribution in [2.45, 2.75) is 19.9 Å². The van der Waals surface area contributed by atoms with Crippen LogP contribution >= 0.6 is 11.3 Å². The molecular formula is C14H16N2O2S. The molecule has 0 fully saturated rings. The van der Waals surface area contributed by atoms with E-state index < -0.39 is 12.0 Å². The van der Waals surface area contributed by atoms with Crippen LogP contribution in [0.2, 0.25) is 0 Å². The number of benzene rings is 1. The normalized spacial score (nSPS) is 12.4. The number of rotatable bonds is 5. The number of hydrogen-bond donors (Lipinski definition) is 2. The summed E-state index contributed by atoms with van der Waals surface area (Å²) in [6.07, 6.45) is 1.77. The van der Waals surface area contributed by atoms with Crippen LogP contribution in [0.3, 0.4) is 0 Å². The van der Waals surface area contributed by atoms with Gasteiger partial charge in [0.2, 0.25) is 0 Å². The molecule has 1 aromatic heterocycles. The highest BCUT2D eigenvalue weighted by Crippen LogP contribution is 2.29. The summed E-state index contributed by atoms with van der Waals surface area (Å²) in [4.78, 5) is 16.4. The lowest BCUT2D eigenvalue weighted by molar-refractivity contribution is -0.138. The third-order valence-electron chi connectivity index (χ3n) is 2.78. The maximum absolute atomic E-state index is 11.1. The number of carbonyl (C=O) groups is 1. The second-order valence-electron chi connectivity index (χ2n) is 4.60. The van der Waals surface area contributed by atoms with Crippen LogP contribution in [0.1, 0.15) is 13.8 Å². The van der Waals surface area contributed by atoms with E-state index in [-0.39, 0.29) is 5.92 Å². The van der Waals surface area contributed by atoms with E-state index in [1.54, 1.807) is 6.20 Å². The summed E-state index contributed by atoms with van der Waals surface area (Å²) in [6, 6.07) is 9.30. The molecule has 100 valence electrons. The number of nitrogens with one attached hydrogen (secondary N) is 1. The summed E-state index contributed by atoms with van der Waals surface area (Å²) < 4.78 is 0. The Bertz CT molecular complexity index is 552. The van der Waals surface area contributed by atoms with Gasteiger partial charge in [-0.15, -0.1) is 0 Å². The van der Waals surface area contributed by atoms with Crippen molar-refractivity contribution in [1.29, 1.82) is 0 Å². The molecule has 2 aromatic rings. The number of carboxylic acid groups (broad SMARTS) is 1. The highest BCUT2D eigenvalue weighted by Gasteiger charge is 2.22. The maximum atomic E-state index is 11.1. The lowest BCUT2D eigenvalue weighted by Gasteiger charge is -2.16. The molecule has 0 spiro atoms. The fourth-order valence-electron chi connectivity index (χ4n) is 1.72. The minimum absolute atomic E-state index is 0.00146. The van der Waals surface area contributed by atoms with E-state index in [0.29, 0.717) is 5.13 Å². The summed E-state index contributed by atoms with van der Waals surface area (Å²) in [7, 11) is 0. The monoisotopic (exact) mass is 276 g/mol. The average molecular weight is 276 g/mol. The first-order valence-corrected chi connectivity index (χ1v) is 6.90. The van der Waals surface area contributed by atoms with E-state index in [1.807, 2.05) is 44.2 Å². The molecule has 2 rings (SSSR count). The van der Waals surface area contributed by atoms with Crippen LogP contribution in [0.4, 0.5) is 5.13 Å². The fourth-order valence-corrected chi connectivity index (χ4v) is 2.58. The van der Waals surface area contributed by atoms with Crippen molar-refractivity contribution >= 4 is 22.4 Å². The van der Waals surface area contributed by atoms with Crippen LogP contribution in [-0.4, -0.2) is 22.1 Å². The third-order valence-corrected chi connectivity index (χ3v) is 3.75. The maximum Gasteiger partial charge on any atom is 0.326 e. The molecule has 0 saturated heterocycles. The van der Waals surface area contributed by atoms with Gasteiger partial charge in [-0.1, -0.05) is 55.5 Å². The lowest BCUT2D eigenvalue weighted by atomic mass is 10.1. The highest BCUT2D eigenvalue weighted by atomic mass is 32.1. The van der Waals surface area contributed by atoms with E-state index in [0.717, 1.165) is 10.4 Å². The Kier molecular flexibility index (Phi) is 4.16. The number of nitrogens with zero attached hydrogens (tertiary/aromatic N) is 1. The zero-order valence-electron chi connectivity index (χ0n) is 10.8. The summed E-state index contributed by atoms with van der Waals surface area (Å²) in [5.41, 5.74) is 1.09. The van der Waals surface area contributed by atoms with E-state index in [9.17, 15) is 4.79 Å². The molecule has 1 heterocycles. The molecule has 0 radical (unpaired) electrons. The van der Waals surface area contributed by atoms with Crippen molar-refractivity contribution in [3.05, 3.63) is 36.5 Å². The Balaban J connectivity index is 2.16. The van der Waals surface area contributed by atoms with Gasteiger partial charge < -0.3 is 10.4 Å². The van der Waals surface area contributed by atoms with Crippen molar-refractivity contribution in [1.82, 2.24) is 4.98 Å². The Morgan fingerprint density at radius 2 is 2.00 bits per heavy atom. The zero-order valence-corrected chi connectivity index (χ0v) is 11.6. The SMILES string of the molecule is CC(C)[C@@H](Nc1ncc(-c2ccccc2)s1)C(=O)O. The number of aliphatic carboxylic acids is 1. The molecule has 0 unspecified atom stereocenters. The van der Waals surface area contributed by atoms with E-state index in [2.05, 4.69) is 10.3 Å². The molecule has 0 aliphatic carbocycles. The second kappa shape index (κ2) is 5.84. The van der Waals surface area contributed by atoms with Crippen molar-refractivity contribution in [3.8, 4) is 10.4 Å². The number of hydrogen-bond acceptors (Lipinski definition) is 4. The number of aromatic nitrogens is 1. The first-order valence-electron chi connectivity index (χ1n) is 6.08. The van der Waals surface area contributed by atoms with Crippen LogP contribution in [0, 0.1) is 5.92 Å². The zero-order chi connectivity index (χ0) is 13.8. The summed E-state index contributed by atoms with van der Waals surface area (Å²) in [6.45, 7) is 3.75. The molecular weight excluding hydrogens is 260 g/mol. The largest absolute Gasteiger partial charge is 0.480 e. The summed E-state index contributed by atoms with van der Waals surface area (Å²) in [5, 5.41) is 12.8. The first kappa shape index (κ1) is 13.5. The number of anilines is 1. The molecule has 0 aliphatic heterocycles. The predicted octanol–water partition coefficient (Wildman–Crippen LogP) is 3.33. The second-order valence-corrected chi connectivity index (χ2v) is 5.63. The van der Waals surface area contributed by atoms with Gasteiger partial charge >= 0.3 is 5.97 Å². The topological polar surface area (TPSA) is 62.2 Å². The van der Waals surface area contributed by atoms with Gasteiger partial charge in [0.15, 0.2) is 5.13 Å². The van der Waals surface area contributed by atoms with Gasteiger partial charge in [-0.2, -0.15) is 0 Å². The van der Waals surface area contributed by atoms with Crippen molar-refractivity contribution in [2.24, 2.45) is 5.92 Å². The summed E-state index contributed by atoms with van der Waals surface area (Å²) >= 11 is 1.46. The Hall–Kier alpha value is -1.88. The van der Waals surface area contributed by atoms with Gasteiger partial charge in [0.25, 0.3) is 0 Å². The van der Waals surface area contributed by atoms with Gasteiger partial charge in [-0.05, 0) is 11.5 Å². The molecule has 2 N–H and O–H groups in total. The number of carboxylic acids is 1.